The Labute approximate surface area is 81.1 Å². The van der Waals surface area contributed by atoms with Crippen molar-refractivity contribution in [1.29, 1.82) is 5.41 Å². The minimum absolute atomic E-state index is 0.637. The average Bonchev–Trinajstić information content (AvgIpc) is 1.97. The van der Waals surface area contributed by atoms with Crippen LogP contribution in [0.15, 0.2) is 0 Å². The summed E-state index contributed by atoms with van der Waals surface area (Å²) in [6, 6.07) is 0. The summed E-state index contributed by atoms with van der Waals surface area (Å²) < 4.78 is 0. The highest BCUT2D eigenvalue weighted by Gasteiger charge is 2.27. The van der Waals surface area contributed by atoms with Crippen LogP contribution >= 0.6 is 12.2 Å². The van der Waals surface area contributed by atoms with Gasteiger partial charge in [-0.3, -0.25) is 0 Å². The topological polar surface area (TPSA) is 23.9 Å². The minimum Gasteiger partial charge on any atom is -0.248 e. The molecule has 1 N–H and O–H groups in total. The zero-order valence-corrected chi connectivity index (χ0v) is 9.13. The quantitative estimate of drug-likeness (QED) is 0.449. The number of thiocarbonyl (C=S) groups is 1. The summed E-state index contributed by atoms with van der Waals surface area (Å²) in [4.78, 5) is 0. The number of hydrogen-bond acceptors (Lipinski definition) is 2. The van der Waals surface area contributed by atoms with E-state index in [1.54, 1.807) is 5.16 Å². The molecule has 0 spiro atoms. The third-order valence-corrected chi connectivity index (χ3v) is 3.04. The summed E-state index contributed by atoms with van der Waals surface area (Å²) in [5.74, 6) is 0.950. The molecule has 0 heterocycles. The van der Waals surface area contributed by atoms with Gasteiger partial charge < -0.3 is 0 Å². The van der Waals surface area contributed by atoms with E-state index >= 15 is 0 Å². The Bertz CT molecular complexity index is 157. The summed E-state index contributed by atoms with van der Waals surface area (Å²) in [6.07, 6.45) is 5.81. The Morgan fingerprint density at radius 2 is 1.92 bits per heavy atom. The van der Waals surface area contributed by atoms with Gasteiger partial charge >= 0.3 is 0 Å². The standard InChI is InChI=1S/C9H18.CHNS/c1-8-6-4-5-7-9(8,2)3;2-1-3/h8H,4-7H2,1-3H3;2H. The molecule has 2 heteroatoms. The van der Waals surface area contributed by atoms with Gasteiger partial charge in [0.25, 0.3) is 0 Å². The Hall–Kier alpha value is -0.200. The number of nitrogens with one attached hydrogen (secondary N) is 1. The van der Waals surface area contributed by atoms with E-state index in [1.807, 2.05) is 0 Å². The second kappa shape index (κ2) is 5.45. The first-order valence-corrected chi connectivity index (χ1v) is 4.99. The molecule has 0 aromatic heterocycles. The molecule has 0 aromatic carbocycles. The van der Waals surface area contributed by atoms with E-state index < -0.39 is 0 Å². The Morgan fingerprint density at radius 3 is 2.17 bits per heavy atom. The lowest BCUT2D eigenvalue weighted by Crippen LogP contribution is -2.24. The van der Waals surface area contributed by atoms with E-state index in [4.69, 9.17) is 5.41 Å². The number of rotatable bonds is 0. The lowest BCUT2D eigenvalue weighted by molar-refractivity contribution is 0.154. The SMILES string of the molecule is CC1CCCCC1(C)C.N=C=S. The molecular weight excluding hydrogens is 166 g/mol. The van der Waals surface area contributed by atoms with Gasteiger partial charge in [-0.2, -0.15) is 0 Å². The van der Waals surface area contributed by atoms with Crippen LogP contribution in [0.25, 0.3) is 0 Å². The summed E-state index contributed by atoms with van der Waals surface area (Å²) >= 11 is 3.81. The van der Waals surface area contributed by atoms with Gasteiger partial charge in [-0.25, -0.2) is 5.41 Å². The van der Waals surface area contributed by atoms with Gasteiger partial charge in [0, 0.05) is 0 Å². The number of hydrogen-bond donors (Lipinski definition) is 1. The van der Waals surface area contributed by atoms with Crippen LogP contribution in [0.1, 0.15) is 46.5 Å². The molecule has 1 unspecified atom stereocenters. The lowest BCUT2D eigenvalue weighted by atomic mass is 9.70. The van der Waals surface area contributed by atoms with Crippen LogP contribution in [0.5, 0.6) is 0 Å². The summed E-state index contributed by atoms with van der Waals surface area (Å²) in [6.45, 7) is 7.19. The zero-order valence-electron chi connectivity index (χ0n) is 8.31. The van der Waals surface area contributed by atoms with E-state index in [9.17, 15) is 0 Å². The summed E-state index contributed by atoms with van der Waals surface area (Å²) in [5.41, 5.74) is 0.637. The molecule has 0 amide bonds. The fourth-order valence-electron chi connectivity index (χ4n) is 1.67. The molecule has 0 radical (unpaired) electrons. The van der Waals surface area contributed by atoms with Crippen molar-refractivity contribution in [3.8, 4) is 0 Å². The first-order valence-electron chi connectivity index (χ1n) is 4.58. The second-order valence-corrected chi connectivity index (χ2v) is 4.44. The molecule has 1 saturated carbocycles. The van der Waals surface area contributed by atoms with Crippen LogP contribution < -0.4 is 0 Å². The van der Waals surface area contributed by atoms with Crippen molar-refractivity contribution >= 4 is 17.4 Å². The minimum atomic E-state index is 0.637. The summed E-state index contributed by atoms with van der Waals surface area (Å²) in [5, 5.41) is 7.36. The van der Waals surface area contributed by atoms with E-state index in [0.717, 1.165) is 5.92 Å². The van der Waals surface area contributed by atoms with Crippen molar-refractivity contribution in [2.75, 3.05) is 0 Å². The molecule has 70 valence electrons. The molecule has 0 aromatic rings. The molecule has 0 aliphatic heterocycles. The smallest absolute Gasteiger partial charge is 0.0554 e. The van der Waals surface area contributed by atoms with Crippen LogP contribution in [0.3, 0.4) is 0 Å². The van der Waals surface area contributed by atoms with Crippen molar-refractivity contribution in [3.63, 3.8) is 0 Å². The van der Waals surface area contributed by atoms with Crippen LogP contribution in [0, 0.1) is 16.7 Å². The van der Waals surface area contributed by atoms with Gasteiger partial charge in [-0.05, 0) is 30.0 Å². The molecule has 1 aliphatic rings. The average molecular weight is 185 g/mol. The maximum absolute atomic E-state index is 5.77. The van der Waals surface area contributed by atoms with Gasteiger partial charge in [0.15, 0.2) is 0 Å². The highest BCUT2D eigenvalue weighted by atomic mass is 32.1. The number of isothiocyanates is 1. The lowest BCUT2D eigenvalue weighted by Gasteiger charge is -2.36. The van der Waals surface area contributed by atoms with Crippen molar-refractivity contribution in [2.45, 2.75) is 46.5 Å². The highest BCUT2D eigenvalue weighted by molar-refractivity contribution is 7.78. The van der Waals surface area contributed by atoms with Gasteiger partial charge in [0.1, 0.15) is 0 Å². The molecule has 1 aliphatic carbocycles. The zero-order chi connectivity index (χ0) is 9.61. The van der Waals surface area contributed by atoms with E-state index in [-0.39, 0.29) is 0 Å². The van der Waals surface area contributed by atoms with E-state index in [1.165, 1.54) is 25.7 Å². The molecule has 1 fully saturated rings. The third kappa shape index (κ3) is 3.99. The van der Waals surface area contributed by atoms with Gasteiger partial charge in [-0.1, -0.05) is 40.0 Å². The predicted molar refractivity (Wildman–Crippen MR) is 56.7 cm³/mol. The van der Waals surface area contributed by atoms with Crippen molar-refractivity contribution < 1.29 is 0 Å². The normalized spacial score (nSPS) is 26.4. The molecule has 1 atom stereocenters. The summed E-state index contributed by atoms with van der Waals surface area (Å²) in [7, 11) is 0. The molecule has 0 bridgehead atoms. The molecule has 1 rings (SSSR count). The monoisotopic (exact) mass is 185 g/mol. The van der Waals surface area contributed by atoms with Crippen molar-refractivity contribution in [3.05, 3.63) is 0 Å². The van der Waals surface area contributed by atoms with E-state index in [2.05, 4.69) is 33.0 Å². The molecular formula is C10H19NS. The molecule has 0 saturated heterocycles. The second-order valence-electron chi connectivity index (χ2n) is 4.24. The Balaban J connectivity index is 0.000000354. The first kappa shape index (κ1) is 11.8. The molecule has 12 heavy (non-hydrogen) atoms. The van der Waals surface area contributed by atoms with Gasteiger partial charge in [-0.15, -0.1) is 0 Å². The van der Waals surface area contributed by atoms with Crippen LogP contribution in [0.4, 0.5) is 0 Å². The predicted octanol–water partition coefficient (Wildman–Crippen LogP) is 3.89. The van der Waals surface area contributed by atoms with Crippen molar-refractivity contribution in [2.24, 2.45) is 11.3 Å². The Kier molecular flexibility index (Phi) is 5.36. The largest absolute Gasteiger partial charge is 0.248 e. The Morgan fingerprint density at radius 1 is 1.42 bits per heavy atom. The maximum atomic E-state index is 5.77. The van der Waals surface area contributed by atoms with Crippen LogP contribution in [-0.2, 0) is 0 Å². The van der Waals surface area contributed by atoms with Gasteiger partial charge in [0.05, 0.1) is 5.16 Å². The molecule has 1 nitrogen and oxygen atoms in total. The van der Waals surface area contributed by atoms with Crippen LogP contribution in [0.2, 0.25) is 0 Å². The fraction of sp³-hybridized carbons (Fsp3) is 0.900. The van der Waals surface area contributed by atoms with Crippen LogP contribution in [-0.4, -0.2) is 5.16 Å². The first-order chi connectivity index (χ1) is 5.54. The van der Waals surface area contributed by atoms with E-state index in [0.29, 0.717) is 5.41 Å². The van der Waals surface area contributed by atoms with Crippen molar-refractivity contribution in [1.82, 2.24) is 0 Å². The maximum Gasteiger partial charge on any atom is 0.0554 e. The highest BCUT2D eigenvalue weighted by Crippen LogP contribution is 2.39. The fourth-order valence-corrected chi connectivity index (χ4v) is 1.67. The third-order valence-electron chi connectivity index (χ3n) is 3.04. The van der Waals surface area contributed by atoms with Gasteiger partial charge in [0.2, 0.25) is 0 Å².